The zero-order valence-electron chi connectivity index (χ0n) is 16.9. The fraction of sp³-hybridized carbons (Fsp3) is 1.00. The van der Waals surface area contributed by atoms with E-state index in [1.807, 2.05) is 0 Å². The summed E-state index contributed by atoms with van der Waals surface area (Å²) in [6.45, 7) is 19.5. The van der Waals surface area contributed by atoms with E-state index in [1.165, 1.54) is 45.2 Å². The molecule has 0 amide bonds. The van der Waals surface area contributed by atoms with E-state index >= 15 is 0 Å². The molecule has 0 aliphatic heterocycles. The van der Waals surface area contributed by atoms with Gasteiger partial charge in [-0.2, -0.15) is 0 Å². The van der Waals surface area contributed by atoms with Gasteiger partial charge in [0, 0.05) is 0 Å². The van der Waals surface area contributed by atoms with Crippen LogP contribution in [0.3, 0.4) is 0 Å². The summed E-state index contributed by atoms with van der Waals surface area (Å²) in [7, 11) is 0. The Morgan fingerprint density at radius 1 is 0.682 bits per heavy atom. The van der Waals surface area contributed by atoms with Gasteiger partial charge in [0.25, 0.3) is 0 Å². The molecule has 0 aliphatic rings. The van der Waals surface area contributed by atoms with Crippen LogP contribution in [-0.4, -0.2) is 40.9 Å². The Morgan fingerprint density at radius 2 is 1.05 bits per heavy atom. The second kappa shape index (κ2) is 13.1. The van der Waals surface area contributed by atoms with Crippen LogP contribution in [0.4, 0.5) is 0 Å². The second-order valence-corrected chi connectivity index (χ2v) is 22.1. The molecule has 0 aliphatic carbocycles. The fourth-order valence-electron chi connectivity index (χ4n) is 3.83. The molecule has 0 atom stereocenters. The van der Waals surface area contributed by atoms with Crippen molar-refractivity contribution in [3.8, 4) is 0 Å². The van der Waals surface area contributed by atoms with Crippen molar-refractivity contribution in [1.29, 1.82) is 0 Å². The topological polar surface area (TPSA) is 3.24 Å². The van der Waals surface area contributed by atoms with Crippen molar-refractivity contribution >= 4 is 18.4 Å². The standard InChI is InChI=1S/C11H24N.3C3H7.Sn/c1-10(2)6-8-12(5)9-7-11(3)4;3*1-3-2;/h10-11H,5-9H2,1-4H3;3*1,3H2,2H3;. The summed E-state index contributed by atoms with van der Waals surface area (Å²) >= 11 is -1.92. The number of nitrogens with zero attached hydrogens (tertiary/aromatic N) is 1. The third kappa shape index (κ3) is 10.5. The number of hydrogen-bond donors (Lipinski definition) is 0. The van der Waals surface area contributed by atoms with Crippen molar-refractivity contribution in [3.05, 3.63) is 0 Å². The first kappa shape index (κ1) is 22.8. The van der Waals surface area contributed by atoms with E-state index in [4.69, 9.17) is 0 Å². The molecule has 0 aromatic carbocycles. The average molecular weight is 418 g/mol. The minimum absolute atomic E-state index is 0.842. The quantitative estimate of drug-likeness (QED) is 0.288. The molecule has 0 N–H and O–H groups in total. The first-order chi connectivity index (χ1) is 10.4. The Labute approximate surface area is 146 Å². The first-order valence-electron chi connectivity index (χ1n) is 10.1. The fourth-order valence-corrected chi connectivity index (χ4v) is 20.0. The molecule has 1 nitrogen and oxygen atoms in total. The van der Waals surface area contributed by atoms with E-state index in [2.05, 4.69) is 53.4 Å². The molecular formula is C20H45NSn. The zero-order chi connectivity index (χ0) is 17.0. The SMILES string of the molecule is CC[CH2][Sn]([CH2]CC)([CH2]CC)[CH2]N(CCC(C)C)CCC(C)C. The van der Waals surface area contributed by atoms with Gasteiger partial charge in [0.05, 0.1) is 0 Å². The predicted octanol–water partition coefficient (Wildman–Crippen LogP) is 6.60. The predicted molar refractivity (Wildman–Crippen MR) is 106 cm³/mol. The molecule has 0 aromatic rings. The Bertz CT molecular complexity index is 221. The molecule has 22 heavy (non-hydrogen) atoms. The van der Waals surface area contributed by atoms with Crippen LogP contribution in [0.15, 0.2) is 0 Å². The van der Waals surface area contributed by atoms with Crippen LogP contribution >= 0.6 is 0 Å². The minimum atomic E-state index is -1.92. The molecule has 0 saturated carbocycles. The van der Waals surface area contributed by atoms with Crippen LogP contribution in [0.1, 0.15) is 80.6 Å². The Kier molecular flexibility index (Phi) is 13.5. The van der Waals surface area contributed by atoms with Crippen molar-refractivity contribution in [2.45, 2.75) is 93.9 Å². The van der Waals surface area contributed by atoms with Crippen molar-refractivity contribution in [3.63, 3.8) is 0 Å². The molecule has 134 valence electrons. The molecule has 0 radical (unpaired) electrons. The summed E-state index contributed by atoms with van der Waals surface area (Å²) in [6.07, 6.45) is 7.05. The van der Waals surface area contributed by atoms with Gasteiger partial charge in [0.2, 0.25) is 0 Å². The van der Waals surface area contributed by atoms with Gasteiger partial charge in [0.15, 0.2) is 0 Å². The molecule has 0 heterocycles. The third-order valence-electron chi connectivity index (χ3n) is 4.95. The second-order valence-electron chi connectivity index (χ2n) is 8.39. The van der Waals surface area contributed by atoms with Gasteiger partial charge in [-0.25, -0.2) is 0 Å². The van der Waals surface area contributed by atoms with Crippen LogP contribution < -0.4 is 0 Å². The molecule has 0 aromatic heterocycles. The van der Waals surface area contributed by atoms with Gasteiger partial charge in [0.1, 0.15) is 0 Å². The molecule has 0 spiro atoms. The molecule has 2 heteroatoms. The van der Waals surface area contributed by atoms with Crippen LogP contribution in [0.25, 0.3) is 0 Å². The Morgan fingerprint density at radius 3 is 1.32 bits per heavy atom. The summed E-state index contributed by atoms with van der Waals surface area (Å²) in [5.41, 5.74) is 0. The maximum absolute atomic E-state index is 2.90. The number of rotatable bonds is 14. The molecule has 0 fully saturated rings. The van der Waals surface area contributed by atoms with Gasteiger partial charge in [-0.05, 0) is 0 Å². The van der Waals surface area contributed by atoms with E-state index in [-0.39, 0.29) is 0 Å². The third-order valence-corrected chi connectivity index (χ3v) is 21.5. The monoisotopic (exact) mass is 419 g/mol. The summed E-state index contributed by atoms with van der Waals surface area (Å²) in [4.78, 5) is 2.90. The van der Waals surface area contributed by atoms with Gasteiger partial charge >= 0.3 is 147 Å². The van der Waals surface area contributed by atoms with Gasteiger partial charge in [-0.3, -0.25) is 0 Å². The average Bonchev–Trinajstić information content (AvgIpc) is 2.42. The van der Waals surface area contributed by atoms with Crippen molar-refractivity contribution in [2.24, 2.45) is 11.8 Å². The summed E-state index contributed by atoms with van der Waals surface area (Å²) in [6, 6.07) is 0. The first-order valence-corrected chi connectivity index (χ1v) is 18.2. The molecule has 0 unspecified atom stereocenters. The van der Waals surface area contributed by atoms with E-state index in [1.54, 1.807) is 17.9 Å². The Balaban J connectivity index is 4.87. The van der Waals surface area contributed by atoms with E-state index in [9.17, 15) is 0 Å². The van der Waals surface area contributed by atoms with Crippen LogP contribution in [-0.2, 0) is 0 Å². The van der Waals surface area contributed by atoms with Crippen molar-refractivity contribution in [2.75, 3.05) is 17.7 Å². The van der Waals surface area contributed by atoms with Crippen molar-refractivity contribution in [1.82, 2.24) is 4.90 Å². The zero-order valence-corrected chi connectivity index (χ0v) is 19.7. The summed E-state index contributed by atoms with van der Waals surface area (Å²) in [5.74, 6) is 1.68. The molecular weight excluding hydrogens is 373 g/mol. The van der Waals surface area contributed by atoms with Gasteiger partial charge < -0.3 is 0 Å². The van der Waals surface area contributed by atoms with Crippen molar-refractivity contribution < 1.29 is 0 Å². The summed E-state index contributed by atoms with van der Waals surface area (Å²) < 4.78 is 6.41. The number of hydrogen-bond acceptors (Lipinski definition) is 1. The van der Waals surface area contributed by atoms with Crippen LogP contribution in [0.5, 0.6) is 0 Å². The molecule has 0 bridgehead atoms. The molecule has 0 saturated heterocycles. The summed E-state index contributed by atoms with van der Waals surface area (Å²) in [5, 5.41) is 0. The van der Waals surface area contributed by atoms with Gasteiger partial charge in [-0.15, -0.1) is 0 Å². The normalized spacial score (nSPS) is 12.8. The maximum atomic E-state index is 2.90. The van der Waals surface area contributed by atoms with E-state index < -0.39 is 18.4 Å². The molecule has 0 rings (SSSR count). The van der Waals surface area contributed by atoms with E-state index in [0.29, 0.717) is 0 Å². The van der Waals surface area contributed by atoms with Gasteiger partial charge in [-0.1, -0.05) is 0 Å². The van der Waals surface area contributed by atoms with Crippen LogP contribution in [0, 0.1) is 11.8 Å². The van der Waals surface area contributed by atoms with Crippen LogP contribution in [0.2, 0.25) is 13.3 Å². The van der Waals surface area contributed by atoms with E-state index in [0.717, 1.165) is 11.8 Å². The Hall–Kier alpha value is 0.759.